The van der Waals surface area contributed by atoms with Crippen LogP contribution < -0.4 is 10.6 Å². The van der Waals surface area contributed by atoms with E-state index in [0.29, 0.717) is 32.2 Å². The summed E-state index contributed by atoms with van der Waals surface area (Å²) in [5, 5.41) is 6.23. The van der Waals surface area contributed by atoms with Crippen molar-refractivity contribution in [2.75, 3.05) is 26.3 Å². The highest BCUT2D eigenvalue weighted by Gasteiger charge is 2.14. The minimum Gasteiger partial charge on any atom is -0.380 e. The molecule has 96 valence electrons. The van der Waals surface area contributed by atoms with Crippen LogP contribution in [-0.4, -0.2) is 38.3 Å². The topological polar surface area (TPSA) is 50.4 Å². The van der Waals surface area contributed by atoms with Gasteiger partial charge in [0.2, 0.25) is 5.91 Å². The first-order valence-electron chi connectivity index (χ1n) is 5.90. The third-order valence-corrected chi connectivity index (χ3v) is 2.65. The summed E-state index contributed by atoms with van der Waals surface area (Å²) >= 11 is 0. The molecular formula is C11H23ClN2O2. The Balaban J connectivity index is 0.00000225. The van der Waals surface area contributed by atoms with Crippen LogP contribution in [0.3, 0.4) is 0 Å². The maximum Gasteiger partial charge on any atom is 0.220 e. The first-order chi connectivity index (χ1) is 7.33. The predicted octanol–water partition coefficient (Wildman–Crippen LogP) is 1.09. The molecule has 1 saturated heterocycles. The minimum absolute atomic E-state index is 0. The highest BCUT2D eigenvalue weighted by atomic mass is 35.5. The fourth-order valence-corrected chi connectivity index (χ4v) is 1.80. The van der Waals surface area contributed by atoms with E-state index in [1.165, 1.54) is 12.8 Å². The Morgan fingerprint density at radius 2 is 2.38 bits per heavy atom. The van der Waals surface area contributed by atoms with E-state index in [1.807, 2.05) is 6.92 Å². The van der Waals surface area contributed by atoms with Gasteiger partial charge >= 0.3 is 0 Å². The van der Waals surface area contributed by atoms with Crippen molar-refractivity contribution in [3.8, 4) is 0 Å². The number of halogens is 1. The molecular weight excluding hydrogens is 228 g/mol. The zero-order valence-corrected chi connectivity index (χ0v) is 10.8. The third kappa shape index (κ3) is 7.04. The van der Waals surface area contributed by atoms with E-state index < -0.39 is 0 Å². The van der Waals surface area contributed by atoms with Crippen LogP contribution in [0.15, 0.2) is 0 Å². The van der Waals surface area contributed by atoms with E-state index in [2.05, 4.69) is 10.6 Å². The molecule has 16 heavy (non-hydrogen) atoms. The van der Waals surface area contributed by atoms with E-state index >= 15 is 0 Å². The molecule has 1 amide bonds. The van der Waals surface area contributed by atoms with Crippen molar-refractivity contribution >= 4 is 18.3 Å². The zero-order valence-electron chi connectivity index (χ0n) is 9.96. The molecule has 0 aliphatic carbocycles. The maximum absolute atomic E-state index is 11.4. The SMILES string of the molecule is CCOCCNC(=O)CCC1CCCN1.Cl. The number of rotatable bonds is 7. The van der Waals surface area contributed by atoms with Gasteiger partial charge in [0.1, 0.15) is 0 Å². The van der Waals surface area contributed by atoms with Crippen LogP contribution >= 0.6 is 12.4 Å². The van der Waals surface area contributed by atoms with Crippen LogP contribution in [0.5, 0.6) is 0 Å². The van der Waals surface area contributed by atoms with E-state index in [9.17, 15) is 4.79 Å². The van der Waals surface area contributed by atoms with Gasteiger partial charge in [0.25, 0.3) is 0 Å². The normalized spacial score (nSPS) is 19.2. The molecule has 0 aromatic rings. The van der Waals surface area contributed by atoms with Gasteiger partial charge in [-0.05, 0) is 32.7 Å². The Bertz CT molecular complexity index is 185. The van der Waals surface area contributed by atoms with Crippen LogP contribution in [-0.2, 0) is 9.53 Å². The van der Waals surface area contributed by atoms with Crippen LogP contribution in [0, 0.1) is 0 Å². The molecule has 0 bridgehead atoms. The molecule has 2 N–H and O–H groups in total. The third-order valence-electron chi connectivity index (χ3n) is 2.65. The largest absolute Gasteiger partial charge is 0.380 e. The van der Waals surface area contributed by atoms with Crippen molar-refractivity contribution in [2.45, 2.75) is 38.6 Å². The number of amides is 1. The molecule has 0 radical (unpaired) electrons. The lowest BCUT2D eigenvalue weighted by Gasteiger charge is -2.09. The van der Waals surface area contributed by atoms with Crippen molar-refractivity contribution in [2.24, 2.45) is 0 Å². The Kier molecular flexibility index (Phi) is 9.68. The van der Waals surface area contributed by atoms with Gasteiger partial charge in [-0.1, -0.05) is 0 Å². The molecule has 0 saturated carbocycles. The molecule has 1 heterocycles. The lowest BCUT2D eigenvalue weighted by molar-refractivity contribution is -0.121. The second-order valence-corrected chi connectivity index (χ2v) is 3.88. The highest BCUT2D eigenvalue weighted by molar-refractivity contribution is 5.85. The molecule has 1 rings (SSSR count). The molecule has 1 unspecified atom stereocenters. The molecule has 1 atom stereocenters. The van der Waals surface area contributed by atoms with Gasteiger partial charge in [-0.3, -0.25) is 4.79 Å². The van der Waals surface area contributed by atoms with E-state index in [4.69, 9.17) is 4.74 Å². The van der Waals surface area contributed by atoms with Gasteiger partial charge < -0.3 is 15.4 Å². The van der Waals surface area contributed by atoms with Crippen molar-refractivity contribution < 1.29 is 9.53 Å². The minimum atomic E-state index is 0. The molecule has 5 heteroatoms. The number of hydrogen-bond donors (Lipinski definition) is 2. The molecule has 0 aromatic heterocycles. The summed E-state index contributed by atoms with van der Waals surface area (Å²) in [7, 11) is 0. The van der Waals surface area contributed by atoms with Crippen LogP contribution in [0.1, 0.15) is 32.6 Å². The molecule has 1 aliphatic heterocycles. The fourth-order valence-electron chi connectivity index (χ4n) is 1.80. The van der Waals surface area contributed by atoms with E-state index in [-0.39, 0.29) is 18.3 Å². The molecule has 0 spiro atoms. The quantitative estimate of drug-likeness (QED) is 0.666. The van der Waals surface area contributed by atoms with Gasteiger partial charge in [-0.25, -0.2) is 0 Å². The molecule has 0 aromatic carbocycles. The average Bonchev–Trinajstić information content (AvgIpc) is 2.74. The van der Waals surface area contributed by atoms with Crippen LogP contribution in [0.25, 0.3) is 0 Å². The summed E-state index contributed by atoms with van der Waals surface area (Å²) in [5.74, 6) is 0.142. The van der Waals surface area contributed by atoms with Gasteiger partial charge in [0.05, 0.1) is 6.61 Å². The maximum atomic E-state index is 11.4. The fraction of sp³-hybridized carbons (Fsp3) is 0.909. The predicted molar refractivity (Wildman–Crippen MR) is 67.0 cm³/mol. The monoisotopic (exact) mass is 250 g/mol. The Labute approximate surface area is 104 Å². The first-order valence-corrected chi connectivity index (χ1v) is 5.90. The smallest absolute Gasteiger partial charge is 0.220 e. The summed E-state index contributed by atoms with van der Waals surface area (Å²) in [6.45, 7) is 5.01. The van der Waals surface area contributed by atoms with Crippen molar-refractivity contribution in [3.05, 3.63) is 0 Å². The highest BCUT2D eigenvalue weighted by Crippen LogP contribution is 2.10. The standard InChI is InChI=1S/C11H22N2O2.ClH/c1-2-15-9-8-13-11(14)6-5-10-4-3-7-12-10;/h10,12H,2-9H2,1H3,(H,13,14);1H. The van der Waals surface area contributed by atoms with Crippen LogP contribution in [0.4, 0.5) is 0 Å². The van der Waals surface area contributed by atoms with E-state index in [0.717, 1.165) is 13.0 Å². The molecule has 1 aliphatic rings. The van der Waals surface area contributed by atoms with Gasteiger partial charge in [0, 0.05) is 25.6 Å². The number of carbonyl (C=O) groups excluding carboxylic acids is 1. The molecule has 4 nitrogen and oxygen atoms in total. The summed E-state index contributed by atoms with van der Waals surface area (Å²) < 4.78 is 5.13. The number of carbonyl (C=O) groups is 1. The zero-order chi connectivity index (χ0) is 10.9. The van der Waals surface area contributed by atoms with E-state index in [1.54, 1.807) is 0 Å². The van der Waals surface area contributed by atoms with Gasteiger partial charge in [0.15, 0.2) is 0 Å². The Hall–Kier alpha value is -0.320. The summed E-state index contributed by atoms with van der Waals surface area (Å²) in [5.41, 5.74) is 0. The first kappa shape index (κ1) is 15.7. The summed E-state index contributed by atoms with van der Waals surface area (Å²) in [6, 6.07) is 0.558. The van der Waals surface area contributed by atoms with Crippen LogP contribution in [0.2, 0.25) is 0 Å². The number of hydrogen-bond acceptors (Lipinski definition) is 3. The van der Waals surface area contributed by atoms with Crippen molar-refractivity contribution in [3.63, 3.8) is 0 Å². The Morgan fingerprint density at radius 1 is 1.56 bits per heavy atom. The second kappa shape index (κ2) is 9.87. The van der Waals surface area contributed by atoms with Gasteiger partial charge in [-0.2, -0.15) is 0 Å². The lowest BCUT2D eigenvalue weighted by Crippen LogP contribution is -2.29. The van der Waals surface area contributed by atoms with Crippen molar-refractivity contribution in [1.29, 1.82) is 0 Å². The lowest BCUT2D eigenvalue weighted by atomic mass is 10.1. The summed E-state index contributed by atoms with van der Waals surface area (Å²) in [6.07, 6.45) is 4.05. The summed E-state index contributed by atoms with van der Waals surface area (Å²) in [4.78, 5) is 11.4. The average molecular weight is 251 g/mol. The Morgan fingerprint density at radius 3 is 3.00 bits per heavy atom. The number of nitrogens with one attached hydrogen (secondary N) is 2. The number of ether oxygens (including phenoxy) is 1. The van der Waals surface area contributed by atoms with Crippen molar-refractivity contribution in [1.82, 2.24) is 10.6 Å². The van der Waals surface area contributed by atoms with Gasteiger partial charge in [-0.15, -0.1) is 12.4 Å². The molecule has 1 fully saturated rings. The second-order valence-electron chi connectivity index (χ2n) is 3.88.